The van der Waals surface area contributed by atoms with E-state index in [4.69, 9.17) is 4.74 Å². The number of allylic oxidation sites excluding steroid dienone is 7. The van der Waals surface area contributed by atoms with Crippen LogP contribution in [0.2, 0.25) is 0 Å². The van der Waals surface area contributed by atoms with Crippen LogP contribution in [0.25, 0.3) is 0 Å². The fraction of sp³-hybridized carbons (Fsp3) is 0.449. The van der Waals surface area contributed by atoms with Gasteiger partial charge in [0.05, 0.1) is 5.41 Å². The van der Waals surface area contributed by atoms with Crippen LogP contribution < -0.4 is 9.64 Å². The minimum atomic E-state index is -0.0838. The molecule has 0 spiro atoms. The number of nitrogens with zero attached hydrogens (tertiary/aromatic N) is 2. The molecule has 3 heteroatoms. The topological polar surface area (TPSA) is 15.5 Å². The molecule has 6 rings (SSSR count). The van der Waals surface area contributed by atoms with Gasteiger partial charge in [0.25, 0.3) is 0 Å². The summed E-state index contributed by atoms with van der Waals surface area (Å²) in [6.45, 7) is 20.8. The van der Waals surface area contributed by atoms with Crippen molar-refractivity contribution in [2.24, 2.45) is 5.92 Å². The first-order valence-corrected chi connectivity index (χ1v) is 20.2. The molecule has 0 radical (unpaired) electrons. The van der Waals surface area contributed by atoms with E-state index in [1.165, 1.54) is 89.1 Å². The van der Waals surface area contributed by atoms with Crippen LogP contribution in [-0.4, -0.2) is 23.4 Å². The van der Waals surface area contributed by atoms with Gasteiger partial charge in [-0.05, 0) is 99.4 Å². The van der Waals surface area contributed by atoms with Crippen molar-refractivity contribution in [3.05, 3.63) is 136 Å². The average molecular weight is 696 g/mol. The van der Waals surface area contributed by atoms with Crippen LogP contribution >= 0.6 is 0 Å². The summed E-state index contributed by atoms with van der Waals surface area (Å²) in [5.41, 5.74) is 12.1. The van der Waals surface area contributed by atoms with Crippen molar-refractivity contribution in [3.63, 3.8) is 0 Å². The van der Waals surface area contributed by atoms with Crippen LogP contribution in [0.15, 0.2) is 120 Å². The molecule has 1 aliphatic carbocycles. The molecule has 3 aromatic carbocycles. The third-order valence-corrected chi connectivity index (χ3v) is 11.6. The summed E-state index contributed by atoms with van der Waals surface area (Å²) in [6, 6.07) is 26.4. The average Bonchev–Trinajstić information content (AvgIpc) is 3.47. The monoisotopic (exact) mass is 695 g/mol. The van der Waals surface area contributed by atoms with Crippen LogP contribution in [0.4, 0.5) is 11.4 Å². The Balaban J connectivity index is 1.40. The number of fused-ring (bicyclic) bond motifs is 2. The number of hydrogen-bond acceptors (Lipinski definition) is 2. The number of para-hydroxylation sites is 2. The van der Waals surface area contributed by atoms with Gasteiger partial charge in [-0.25, -0.2) is 0 Å². The smallest absolute Gasteiger partial charge is 0.209 e. The molecule has 2 heterocycles. The summed E-state index contributed by atoms with van der Waals surface area (Å²) < 4.78 is 9.44. The summed E-state index contributed by atoms with van der Waals surface area (Å²) in [4.78, 5) is 2.62. The molecule has 0 amide bonds. The molecule has 0 saturated heterocycles. The van der Waals surface area contributed by atoms with E-state index in [9.17, 15) is 0 Å². The number of benzene rings is 3. The van der Waals surface area contributed by atoms with Gasteiger partial charge in [0.15, 0.2) is 5.71 Å². The Morgan fingerprint density at radius 3 is 2.35 bits per heavy atom. The van der Waals surface area contributed by atoms with Crippen LogP contribution in [0.5, 0.6) is 5.75 Å². The SMILES string of the molecule is CCCC[N+]1=C(C=CC2=C(Oc3ccccc3)C(=CC=C3N(CCCCCC(C)C)c4ccc(C)cc4C3(C)C)CCC2)C(C)(C)c2ccccc21. The fourth-order valence-electron chi connectivity index (χ4n) is 8.54. The minimum absolute atomic E-state index is 0.0702. The van der Waals surface area contributed by atoms with E-state index in [2.05, 4.69) is 162 Å². The van der Waals surface area contributed by atoms with Gasteiger partial charge in [-0.15, -0.1) is 0 Å². The third kappa shape index (κ3) is 7.94. The van der Waals surface area contributed by atoms with E-state index >= 15 is 0 Å². The molecule has 0 bridgehead atoms. The first-order valence-electron chi connectivity index (χ1n) is 20.2. The van der Waals surface area contributed by atoms with Crippen LogP contribution in [0, 0.1) is 12.8 Å². The van der Waals surface area contributed by atoms with Crippen molar-refractivity contribution in [3.8, 4) is 5.75 Å². The zero-order valence-electron chi connectivity index (χ0n) is 33.4. The van der Waals surface area contributed by atoms with Gasteiger partial charge < -0.3 is 9.64 Å². The predicted molar refractivity (Wildman–Crippen MR) is 222 cm³/mol. The summed E-state index contributed by atoms with van der Waals surface area (Å²) in [5, 5.41) is 0. The Bertz CT molecular complexity index is 1880. The van der Waals surface area contributed by atoms with Crippen molar-refractivity contribution in [2.75, 3.05) is 18.0 Å². The molecule has 0 unspecified atom stereocenters. The molecule has 274 valence electrons. The lowest BCUT2D eigenvalue weighted by atomic mass is 9.81. The molecular formula is C49H63N2O+. The summed E-state index contributed by atoms with van der Waals surface area (Å²) >= 11 is 0. The molecule has 0 fully saturated rings. The van der Waals surface area contributed by atoms with E-state index in [1.807, 2.05) is 0 Å². The second-order valence-electron chi connectivity index (χ2n) is 16.8. The van der Waals surface area contributed by atoms with E-state index in [1.54, 1.807) is 0 Å². The lowest BCUT2D eigenvalue weighted by molar-refractivity contribution is -0.438. The highest BCUT2D eigenvalue weighted by Gasteiger charge is 2.44. The Morgan fingerprint density at radius 2 is 1.58 bits per heavy atom. The standard InChI is InChI=1S/C49H63N2O/c1-9-10-33-50-43-26-17-16-25-41(43)48(5,6)45(50)31-28-38-21-19-22-39(47(38)52-40-23-14-11-15-24-40)29-32-46-49(7,8)42-35-37(4)27-30-44(42)51(46)34-18-12-13-20-36(2)3/h11,14-17,23-32,35-36H,9-10,12-13,18-22,33-34H2,1-8H3/q+1. The van der Waals surface area contributed by atoms with E-state index in [-0.39, 0.29) is 10.8 Å². The number of hydrogen-bond donors (Lipinski definition) is 0. The van der Waals surface area contributed by atoms with Crippen molar-refractivity contribution in [1.82, 2.24) is 0 Å². The Labute approximate surface area is 315 Å². The zero-order valence-corrected chi connectivity index (χ0v) is 33.4. The van der Waals surface area contributed by atoms with Crippen LogP contribution in [0.3, 0.4) is 0 Å². The van der Waals surface area contributed by atoms with Crippen molar-refractivity contribution >= 4 is 17.1 Å². The maximum absolute atomic E-state index is 6.88. The van der Waals surface area contributed by atoms with Gasteiger partial charge in [0.2, 0.25) is 5.69 Å². The molecule has 3 aromatic rings. The quantitative estimate of drug-likeness (QED) is 0.123. The largest absolute Gasteiger partial charge is 0.457 e. The molecule has 52 heavy (non-hydrogen) atoms. The van der Waals surface area contributed by atoms with Gasteiger partial charge in [0, 0.05) is 47.5 Å². The van der Waals surface area contributed by atoms with Crippen molar-refractivity contribution in [2.45, 2.75) is 124 Å². The molecule has 0 N–H and O–H groups in total. The Morgan fingerprint density at radius 1 is 0.808 bits per heavy atom. The number of ether oxygens (including phenoxy) is 1. The molecule has 0 aromatic heterocycles. The van der Waals surface area contributed by atoms with Gasteiger partial charge in [-0.3, -0.25) is 0 Å². The van der Waals surface area contributed by atoms with Gasteiger partial charge in [-0.1, -0.05) is 120 Å². The highest BCUT2D eigenvalue weighted by atomic mass is 16.5. The second-order valence-corrected chi connectivity index (χ2v) is 16.8. The van der Waals surface area contributed by atoms with E-state index in [0.29, 0.717) is 0 Å². The highest BCUT2D eigenvalue weighted by Crippen LogP contribution is 2.48. The second kappa shape index (κ2) is 16.3. The number of anilines is 1. The summed E-state index contributed by atoms with van der Waals surface area (Å²) in [5.74, 6) is 2.68. The maximum atomic E-state index is 6.88. The third-order valence-electron chi connectivity index (χ3n) is 11.6. The summed E-state index contributed by atoms with van der Waals surface area (Å²) in [7, 11) is 0. The molecule has 0 atom stereocenters. The van der Waals surface area contributed by atoms with E-state index < -0.39 is 0 Å². The Kier molecular flexibility index (Phi) is 11.8. The zero-order chi connectivity index (χ0) is 36.9. The van der Waals surface area contributed by atoms with Crippen LogP contribution in [0.1, 0.15) is 123 Å². The first-order chi connectivity index (χ1) is 25.0. The molecule has 3 nitrogen and oxygen atoms in total. The van der Waals surface area contributed by atoms with Crippen LogP contribution in [-0.2, 0) is 10.8 Å². The highest BCUT2D eigenvalue weighted by molar-refractivity contribution is 6.03. The van der Waals surface area contributed by atoms with Gasteiger partial charge in [-0.2, -0.15) is 4.58 Å². The van der Waals surface area contributed by atoms with Crippen molar-refractivity contribution < 1.29 is 9.31 Å². The number of unbranched alkanes of at least 4 members (excludes halogenated alkanes) is 3. The Hall–Kier alpha value is -4.11. The molecular weight excluding hydrogens is 633 g/mol. The van der Waals surface area contributed by atoms with Crippen molar-refractivity contribution in [1.29, 1.82) is 0 Å². The number of aryl methyl sites for hydroxylation is 1. The van der Waals surface area contributed by atoms with Gasteiger partial charge in [0.1, 0.15) is 18.1 Å². The first kappa shape index (κ1) is 37.6. The number of rotatable bonds is 14. The normalized spacial score (nSPS) is 19.4. The molecule has 2 aliphatic heterocycles. The van der Waals surface area contributed by atoms with E-state index in [0.717, 1.165) is 49.8 Å². The lowest BCUT2D eigenvalue weighted by Crippen LogP contribution is -2.28. The lowest BCUT2D eigenvalue weighted by Gasteiger charge is -2.27. The fourth-order valence-corrected chi connectivity index (χ4v) is 8.54. The predicted octanol–water partition coefficient (Wildman–Crippen LogP) is 13.1. The minimum Gasteiger partial charge on any atom is -0.457 e. The molecule has 0 saturated carbocycles. The maximum Gasteiger partial charge on any atom is 0.209 e. The van der Waals surface area contributed by atoms with Gasteiger partial charge >= 0.3 is 0 Å². The molecule has 3 aliphatic rings. The summed E-state index contributed by atoms with van der Waals surface area (Å²) in [6.07, 6.45) is 20.1.